The van der Waals surface area contributed by atoms with Crippen LogP contribution in [-0.4, -0.2) is 60.4 Å². The van der Waals surface area contributed by atoms with Gasteiger partial charge in [-0.15, -0.1) is 0 Å². The van der Waals surface area contributed by atoms with Crippen molar-refractivity contribution >= 4 is 5.91 Å². The minimum atomic E-state index is -0.406. The fourth-order valence-electron chi connectivity index (χ4n) is 4.72. The van der Waals surface area contributed by atoms with Crippen molar-refractivity contribution in [3.05, 3.63) is 35.6 Å². The summed E-state index contributed by atoms with van der Waals surface area (Å²) in [5.74, 6) is -0.463. The molecular weight excluding hydrogens is 359 g/mol. The van der Waals surface area contributed by atoms with Gasteiger partial charge in [-0.2, -0.15) is 0 Å². The number of amides is 1. The first-order chi connectivity index (χ1) is 13.6. The van der Waals surface area contributed by atoms with Gasteiger partial charge in [0.15, 0.2) is 5.79 Å². The van der Waals surface area contributed by atoms with E-state index >= 15 is 0 Å². The van der Waals surface area contributed by atoms with Gasteiger partial charge in [-0.05, 0) is 30.5 Å². The third-order valence-corrected chi connectivity index (χ3v) is 6.39. The van der Waals surface area contributed by atoms with Crippen LogP contribution >= 0.6 is 0 Å². The number of likely N-dealkylation sites (tertiary alicyclic amines) is 1. The lowest BCUT2D eigenvalue weighted by atomic mass is 9.93. The van der Waals surface area contributed by atoms with E-state index in [0.29, 0.717) is 32.3 Å². The highest BCUT2D eigenvalue weighted by Gasteiger charge is 2.40. The Morgan fingerprint density at radius 1 is 1.07 bits per heavy atom. The van der Waals surface area contributed by atoms with E-state index in [1.807, 2.05) is 4.90 Å². The van der Waals surface area contributed by atoms with Crippen LogP contribution in [0.25, 0.3) is 0 Å². The summed E-state index contributed by atoms with van der Waals surface area (Å²) in [7, 11) is 0. The van der Waals surface area contributed by atoms with Crippen LogP contribution < -0.4 is 0 Å². The third-order valence-electron chi connectivity index (χ3n) is 6.39. The second-order valence-corrected chi connectivity index (χ2v) is 8.32. The number of carbonyl (C=O) groups excluding carboxylic acids is 1. The number of ether oxygens (including phenoxy) is 2. The van der Waals surface area contributed by atoms with Crippen LogP contribution in [0.4, 0.5) is 4.39 Å². The molecule has 0 aromatic heterocycles. The van der Waals surface area contributed by atoms with Crippen molar-refractivity contribution in [2.24, 2.45) is 0 Å². The zero-order valence-corrected chi connectivity index (χ0v) is 16.6. The number of rotatable bonds is 5. The largest absolute Gasteiger partial charge is 0.347 e. The van der Waals surface area contributed by atoms with Gasteiger partial charge in [0.1, 0.15) is 5.82 Å². The molecule has 2 saturated heterocycles. The molecule has 0 N–H and O–H groups in total. The maximum absolute atomic E-state index is 13.3. The fraction of sp³-hybridized carbons (Fsp3) is 0.682. The molecular formula is C22H31FN2O3. The molecule has 5 nitrogen and oxygen atoms in total. The van der Waals surface area contributed by atoms with Crippen molar-refractivity contribution in [2.45, 2.75) is 63.3 Å². The molecule has 1 aromatic carbocycles. The molecule has 1 aliphatic carbocycles. The van der Waals surface area contributed by atoms with Crippen LogP contribution in [0.15, 0.2) is 24.3 Å². The van der Waals surface area contributed by atoms with E-state index in [-0.39, 0.29) is 11.7 Å². The molecule has 2 aliphatic heterocycles. The van der Waals surface area contributed by atoms with E-state index in [2.05, 4.69) is 4.90 Å². The van der Waals surface area contributed by atoms with E-state index in [9.17, 15) is 9.18 Å². The van der Waals surface area contributed by atoms with Gasteiger partial charge in [0.2, 0.25) is 5.91 Å². The SMILES string of the molecule is O=C(CN1CCC2(CC1)OCCO2)N(Cc1ccc(F)cc1)C1CCCCC1. The molecule has 0 unspecified atom stereocenters. The van der Waals surface area contributed by atoms with Crippen molar-refractivity contribution < 1.29 is 18.7 Å². The van der Waals surface area contributed by atoms with Gasteiger partial charge in [-0.3, -0.25) is 9.69 Å². The second kappa shape index (κ2) is 8.89. The molecule has 3 aliphatic rings. The fourth-order valence-corrected chi connectivity index (χ4v) is 4.72. The molecule has 1 aromatic rings. The lowest BCUT2D eigenvalue weighted by Crippen LogP contribution is -2.50. The summed E-state index contributed by atoms with van der Waals surface area (Å²) in [6.45, 7) is 3.99. The molecule has 0 bridgehead atoms. The van der Waals surface area contributed by atoms with Gasteiger partial charge >= 0.3 is 0 Å². The van der Waals surface area contributed by atoms with Gasteiger partial charge in [-0.1, -0.05) is 31.4 Å². The lowest BCUT2D eigenvalue weighted by Gasteiger charge is -2.39. The maximum Gasteiger partial charge on any atom is 0.237 e. The lowest BCUT2D eigenvalue weighted by molar-refractivity contribution is -0.186. The summed E-state index contributed by atoms with van der Waals surface area (Å²) < 4.78 is 24.8. The van der Waals surface area contributed by atoms with Crippen LogP contribution in [0.3, 0.4) is 0 Å². The Bertz CT molecular complexity index is 644. The Balaban J connectivity index is 1.38. The van der Waals surface area contributed by atoms with Crippen molar-refractivity contribution in [1.29, 1.82) is 0 Å². The van der Waals surface area contributed by atoms with E-state index in [1.165, 1.54) is 31.4 Å². The number of halogens is 1. The number of carbonyl (C=O) groups is 1. The smallest absolute Gasteiger partial charge is 0.237 e. The normalized spacial score (nSPS) is 23.2. The third kappa shape index (κ3) is 4.73. The van der Waals surface area contributed by atoms with E-state index < -0.39 is 5.79 Å². The molecule has 0 radical (unpaired) electrons. The minimum Gasteiger partial charge on any atom is -0.347 e. The van der Waals surface area contributed by atoms with E-state index in [0.717, 1.165) is 44.3 Å². The zero-order valence-electron chi connectivity index (χ0n) is 16.6. The predicted octanol–water partition coefficient (Wildman–Crippen LogP) is 3.33. The Labute approximate surface area is 166 Å². The molecule has 4 rings (SSSR count). The topological polar surface area (TPSA) is 42.0 Å². The Morgan fingerprint density at radius 3 is 2.36 bits per heavy atom. The molecule has 28 heavy (non-hydrogen) atoms. The Hall–Kier alpha value is -1.50. The van der Waals surface area contributed by atoms with Crippen molar-refractivity contribution in [2.75, 3.05) is 32.8 Å². The highest BCUT2D eigenvalue weighted by Crippen LogP contribution is 2.31. The molecule has 2 heterocycles. The minimum absolute atomic E-state index is 0.181. The van der Waals surface area contributed by atoms with Crippen LogP contribution in [0.1, 0.15) is 50.5 Å². The van der Waals surface area contributed by atoms with Crippen LogP contribution in [0.5, 0.6) is 0 Å². The Morgan fingerprint density at radius 2 is 1.71 bits per heavy atom. The summed E-state index contributed by atoms with van der Waals surface area (Å²) >= 11 is 0. The summed E-state index contributed by atoms with van der Waals surface area (Å²) in [5, 5.41) is 0. The average molecular weight is 390 g/mol. The molecule has 1 spiro atoms. The van der Waals surface area contributed by atoms with E-state index in [1.54, 1.807) is 12.1 Å². The van der Waals surface area contributed by atoms with Crippen LogP contribution in [0.2, 0.25) is 0 Å². The second-order valence-electron chi connectivity index (χ2n) is 8.32. The highest BCUT2D eigenvalue weighted by atomic mass is 19.1. The maximum atomic E-state index is 13.3. The number of nitrogens with zero attached hydrogens (tertiary/aromatic N) is 2. The first-order valence-electron chi connectivity index (χ1n) is 10.7. The Kier molecular flexibility index (Phi) is 6.28. The van der Waals surface area contributed by atoms with Gasteiger partial charge in [0.05, 0.1) is 19.8 Å². The first kappa shape index (κ1) is 19.8. The number of hydrogen-bond acceptors (Lipinski definition) is 4. The molecule has 1 saturated carbocycles. The van der Waals surface area contributed by atoms with Crippen molar-refractivity contribution in [3.8, 4) is 0 Å². The van der Waals surface area contributed by atoms with E-state index in [4.69, 9.17) is 9.47 Å². The number of piperidine rings is 1. The predicted molar refractivity (Wildman–Crippen MR) is 104 cm³/mol. The van der Waals surface area contributed by atoms with Crippen LogP contribution in [-0.2, 0) is 20.8 Å². The standard InChI is InChI=1S/C22H31FN2O3/c23-19-8-6-18(7-9-19)16-25(20-4-2-1-3-5-20)21(26)17-24-12-10-22(11-13-24)27-14-15-28-22/h6-9,20H,1-5,10-17H2. The molecule has 3 fully saturated rings. The van der Waals surface area contributed by atoms with Gasteiger partial charge in [0.25, 0.3) is 0 Å². The first-order valence-corrected chi connectivity index (χ1v) is 10.7. The summed E-state index contributed by atoms with van der Waals surface area (Å²) in [6, 6.07) is 6.83. The van der Waals surface area contributed by atoms with Crippen molar-refractivity contribution in [3.63, 3.8) is 0 Å². The molecule has 154 valence electrons. The van der Waals surface area contributed by atoms with Gasteiger partial charge in [0, 0.05) is 38.5 Å². The monoisotopic (exact) mass is 390 g/mol. The van der Waals surface area contributed by atoms with Gasteiger partial charge in [-0.25, -0.2) is 4.39 Å². The summed E-state index contributed by atoms with van der Waals surface area (Å²) in [4.78, 5) is 17.5. The highest BCUT2D eigenvalue weighted by molar-refractivity contribution is 5.78. The van der Waals surface area contributed by atoms with Crippen molar-refractivity contribution in [1.82, 2.24) is 9.80 Å². The van der Waals surface area contributed by atoms with Crippen LogP contribution in [0, 0.1) is 5.82 Å². The summed E-state index contributed by atoms with van der Waals surface area (Å²) in [6.07, 6.45) is 7.39. The molecule has 0 atom stereocenters. The molecule has 1 amide bonds. The number of hydrogen-bond donors (Lipinski definition) is 0. The number of benzene rings is 1. The quantitative estimate of drug-likeness (QED) is 0.774. The van der Waals surface area contributed by atoms with Gasteiger partial charge < -0.3 is 14.4 Å². The average Bonchev–Trinajstić information content (AvgIpc) is 3.18. The zero-order chi connectivity index (χ0) is 19.4. The molecule has 6 heteroatoms. The summed E-state index contributed by atoms with van der Waals surface area (Å²) in [5.41, 5.74) is 0.991.